The SMILES string of the molecule is CSc1cccc(S(=O)(=O)NCc2ccccc2CN2CCOCC2)c1. The van der Waals surface area contributed by atoms with Crippen molar-refractivity contribution in [1.29, 1.82) is 0 Å². The molecule has 1 aliphatic rings. The molecule has 0 unspecified atom stereocenters. The maximum Gasteiger partial charge on any atom is 0.240 e. The van der Waals surface area contributed by atoms with Crippen LogP contribution in [-0.2, 0) is 27.8 Å². The van der Waals surface area contributed by atoms with Gasteiger partial charge in [-0.25, -0.2) is 13.1 Å². The van der Waals surface area contributed by atoms with Gasteiger partial charge in [0.2, 0.25) is 10.0 Å². The summed E-state index contributed by atoms with van der Waals surface area (Å²) in [5, 5.41) is 0. The Morgan fingerprint density at radius 1 is 1.08 bits per heavy atom. The van der Waals surface area contributed by atoms with Crippen LogP contribution in [0.3, 0.4) is 0 Å². The Hall–Kier alpha value is -1.38. The highest BCUT2D eigenvalue weighted by Crippen LogP contribution is 2.20. The maximum absolute atomic E-state index is 12.6. The van der Waals surface area contributed by atoms with E-state index in [1.54, 1.807) is 18.2 Å². The predicted octanol–water partition coefficient (Wildman–Crippen LogP) is 2.72. The Morgan fingerprint density at radius 2 is 1.81 bits per heavy atom. The minimum atomic E-state index is -3.54. The Morgan fingerprint density at radius 3 is 2.54 bits per heavy atom. The van der Waals surface area contributed by atoms with Crippen LogP contribution >= 0.6 is 11.8 Å². The number of hydrogen-bond donors (Lipinski definition) is 1. The van der Waals surface area contributed by atoms with Crippen molar-refractivity contribution in [2.75, 3.05) is 32.6 Å². The van der Waals surface area contributed by atoms with Gasteiger partial charge < -0.3 is 4.74 Å². The minimum absolute atomic E-state index is 0.284. The molecule has 5 nitrogen and oxygen atoms in total. The third-order valence-electron chi connectivity index (χ3n) is 4.42. The van der Waals surface area contributed by atoms with Gasteiger partial charge in [-0.1, -0.05) is 30.3 Å². The second-order valence-electron chi connectivity index (χ2n) is 6.16. The molecule has 140 valence electrons. The Kier molecular flexibility index (Phi) is 6.72. The van der Waals surface area contributed by atoms with Crippen molar-refractivity contribution in [3.8, 4) is 0 Å². The highest BCUT2D eigenvalue weighted by atomic mass is 32.2. The summed E-state index contributed by atoms with van der Waals surface area (Å²) in [7, 11) is -3.54. The molecule has 26 heavy (non-hydrogen) atoms. The molecule has 2 aromatic carbocycles. The summed E-state index contributed by atoms with van der Waals surface area (Å²) in [6, 6.07) is 15.0. The molecule has 0 atom stereocenters. The summed E-state index contributed by atoms with van der Waals surface area (Å²) < 4.78 is 33.4. The normalized spacial score (nSPS) is 15.9. The van der Waals surface area contributed by atoms with Crippen LogP contribution < -0.4 is 4.72 Å². The number of nitrogens with zero attached hydrogens (tertiary/aromatic N) is 1. The van der Waals surface area contributed by atoms with Crippen LogP contribution in [0.4, 0.5) is 0 Å². The first-order valence-corrected chi connectivity index (χ1v) is 11.3. The van der Waals surface area contributed by atoms with Gasteiger partial charge in [0.05, 0.1) is 18.1 Å². The van der Waals surface area contributed by atoms with Crippen LogP contribution in [0, 0.1) is 0 Å². The zero-order chi connectivity index (χ0) is 18.4. The van der Waals surface area contributed by atoms with Gasteiger partial charge in [0, 0.05) is 31.1 Å². The number of hydrogen-bond acceptors (Lipinski definition) is 5. The molecule has 2 aromatic rings. The van der Waals surface area contributed by atoms with Gasteiger partial charge in [-0.2, -0.15) is 0 Å². The Bertz CT molecular complexity index is 834. The Labute approximate surface area is 159 Å². The van der Waals surface area contributed by atoms with Gasteiger partial charge >= 0.3 is 0 Å². The molecule has 1 heterocycles. The first-order chi connectivity index (χ1) is 12.6. The number of rotatable bonds is 7. The molecule has 1 fully saturated rings. The molecule has 0 saturated carbocycles. The van der Waals surface area contributed by atoms with Crippen molar-refractivity contribution >= 4 is 21.8 Å². The smallest absolute Gasteiger partial charge is 0.240 e. The van der Waals surface area contributed by atoms with E-state index in [2.05, 4.69) is 15.7 Å². The zero-order valence-electron chi connectivity index (χ0n) is 14.8. The molecule has 1 saturated heterocycles. The highest BCUT2D eigenvalue weighted by molar-refractivity contribution is 7.98. The summed E-state index contributed by atoms with van der Waals surface area (Å²) in [6.45, 7) is 4.40. The van der Waals surface area contributed by atoms with Crippen LogP contribution in [-0.4, -0.2) is 45.9 Å². The molecular weight excluding hydrogens is 368 g/mol. The number of thioether (sulfide) groups is 1. The predicted molar refractivity (Wildman–Crippen MR) is 105 cm³/mol. The summed E-state index contributed by atoms with van der Waals surface area (Å²) in [6.07, 6.45) is 1.93. The van der Waals surface area contributed by atoms with Gasteiger partial charge in [0.25, 0.3) is 0 Å². The molecule has 1 aliphatic heterocycles. The van der Waals surface area contributed by atoms with Gasteiger partial charge in [-0.15, -0.1) is 11.8 Å². The van der Waals surface area contributed by atoms with Crippen LogP contribution in [0.25, 0.3) is 0 Å². The lowest BCUT2D eigenvalue weighted by Crippen LogP contribution is -2.36. The molecule has 0 radical (unpaired) electrons. The van der Waals surface area contributed by atoms with E-state index in [4.69, 9.17) is 4.74 Å². The van der Waals surface area contributed by atoms with Gasteiger partial charge in [0.15, 0.2) is 0 Å². The molecule has 0 amide bonds. The fourth-order valence-electron chi connectivity index (χ4n) is 2.91. The fourth-order valence-corrected chi connectivity index (χ4v) is 4.49. The Balaban J connectivity index is 1.70. The molecule has 0 bridgehead atoms. The van der Waals surface area contributed by atoms with Crippen molar-refractivity contribution in [3.63, 3.8) is 0 Å². The van der Waals surface area contributed by atoms with E-state index in [1.807, 2.05) is 30.5 Å². The van der Waals surface area contributed by atoms with Crippen LogP contribution in [0.2, 0.25) is 0 Å². The number of benzene rings is 2. The van der Waals surface area contributed by atoms with E-state index in [0.29, 0.717) is 4.90 Å². The second kappa shape index (κ2) is 9.01. The third-order valence-corrected chi connectivity index (χ3v) is 6.54. The number of morpholine rings is 1. The maximum atomic E-state index is 12.6. The fraction of sp³-hybridized carbons (Fsp3) is 0.368. The minimum Gasteiger partial charge on any atom is -0.379 e. The van der Waals surface area contributed by atoms with Crippen molar-refractivity contribution in [2.45, 2.75) is 22.9 Å². The molecular formula is C19H24N2O3S2. The average Bonchev–Trinajstić information content (AvgIpc) is 2.68. The largest absolute Gasteiger partial charge is 0.379 e. The van der Waals surface area contributed by atoms with Gasteiger partial charge in [-0.3, -0.25) is 4.90 Å². The van der Waals surface area contributed by atoms with E-state index < -0.39 is 10.0 Å². The molecule has 0 aliphatic carbocycles. The number of ether oxygens (including phenoxy) is 1. The summed E-state index contributed by atoms with van der Waals surface area (Å²) in [5.74, 6) is 0. The standard InChI is InChI=1S/C19H24N2O3S2/c1-25-18-7-4-8-19(13-18)26(22,23)20-14-16-5-2-3-6-17(16)15-21-9-11-24-12-10-21/h2-8,13,20H,9-12,14-15H2,1H3. The van der Waals surface area contributed by atoms with Gasteiger partial charge in [-0.05, 0) is 35.6 Å². The molecule has 7 heteroatoms. The molecule has 0 aromatic heterocycles. The average molecular weight is 393 g/mol. The van der Waals surface area contributed by atoms with E-state index >= 15 is 0 Å². The van der Waals surface area contributed by atoms with Crippen LogP contribution in [0.15, 0.2) is 58.3 Å². The molecule has 0 spiro atoms. The third kappa shape index (κ3) is 5.08. The second-order valence-corrected chi connectivity index (χ2v) is 8.81. The van der Waals surface area contributed by atoms with Crippen molar-refractivity contribution in [2.24, 2.45) is 0 Å². The van der Waals surface area contributed by atoms with E-state index in [0.717, 1.165) is 48.9 Å². The number of nitrogens with one attached hydrogen (secondary N) is 1. The lowest BCUT2D eigenvalue weighted by molar-refractivity contribution is 0.0341. The zero-order valence-corrected chi connectivity index (χ0v) is 16.5. The van der Waals surface area contributed by atoms with E-state index in [9.17, 15) is 8.42 Å². The van der Waals surface area contributed by atoms with Crippen LogP contribution in [0.1, 0.15) is 11.1 Å². The summed E-state index contributed by atoms with van der Waals surface area (Å²) >= 11 is 1.53. The van der Waals surface area contributed by atoms with Crippen molar-refractivity contribution in [3.05, 3.63) is 59.7 Å². The van der Waals surface area contributed by atoms with E-state index in [-0.39, 0.29) is 6.54 Å². The lowest BCUT2D eigenvalue weighted by atomic mass is 10.1. The summed E-state index contributed by atoms with van der Waals surface area (Å²) in [5.41, 5.74) is 2.15. The van der Waals surface area contributed by atoms with Gasteiger partial charge in [0.1, 0.15) is 0 Å². The molecule has 3 rings (SSSR count). The number of sulfonamides is 1. The first-order valence-electron chi connectivity index (χ1n) is 8.59. The first kappa shape index (κ1) is 19.4. The lowest BCUT2D eigenvalue weighted by Gasteiger charge is -2.27. The quantitative estimate of drug-likeness (QED) is 0.734. The topological polar surface area (TPSA) is 58.6 Å². The van der Waals surface area contributed by atoms with E-state index in [1.165, 1.54) is 11.8 Å². The molecule has 1 N–H and O–H groups in total. The summed E-state index contributed by atoms with van der Waals surface area (Å²) in [4.78, 5) is 3.56. The highest BCUT2D eigenvalue weighted by Gasteiger charge is 2.16. The monoisotopic (exact) mass is 392 g/mol. The van der Waals surface area contributed by atoms with Crippen molar-refractivity contribution in [1.82, 2.24) is 9.62 Å². The van der Waals surface area contributed by atoms with Crippen molar-refractivity contribution < 1.29 is 13.2 Å². The van der Waals surface area contributed by atoms with Crippen LogP contribution in [0.5, 0.6) is 0 Å².